The number of hydrogen-bond donors (Lipinski definition) is 1. The van der Waals surface area contributed by atoms with Crippen molar-refractivity contribution in [1.82, 2.24) is 4.90 Å². The predicted molar refractivity (Wildman–Crippen MR) is 69.5 cm³/mol. The van der Waals surface area contributed by atoms with Crippen molar-refractivity contribution in [1.29, 1.82) is 0 Å². The third-order valence-corrected chi connectivity index (χ3v) is 4.22. The Kier molecular flexibility index (Phi) is 3.76. The highest BCUT2D eigenvalue weighted by atomic mass is 16.2. The Morgan fingerprint density at radius 1 is 1.35 bits per heavy atom. The van der Waals surface area contributed by atoms with Crippen molar-refractivity contribution in [2.45, 2.75) is 58.4 Å². The Bertz CT molecular complexity index is 278. The first kappa shape index (κ1) is 12.9. The zero-order chi connectivity index (χ0) is 12.5. The fraction of sp³-hybridized carbons (Fsp3) is 0.929. The maximum absolute atomic E-state index is 12.8. The Hall–Kier alpha value is -0.570. The molecular weight excluding hydrogens is 212 g/mol. The Morgan fingerprint density at radius 3 is 2.35 bits per heavy atom. The van der Waals surface area contributed by atoms with E-state index < -0.39 is 0 Å². The summed E-state index contributed by atoms with van der Waals surface area (Å²) in [5.41, 5.74) is 5.70. The van der Waals surface area contributed by atoms with Gasteiger partial charge in [0.2, 0.25) is 5.91 Å². The maximum Gasteiger partial charge on any atom is 0.230 e. The molecule has 0 heterocycles. The molecule has 2 aliphatic carbocycles. The van der Waals surface area contributed by atoms with Crippen LogP contribution in [0.25, 0.3) is 0 Å². The normalized spacial score (nSPS) is 23.1. The van der Waals surface area contributed by atoms with Crippen molar-refractivity contribution in [2.24, 2.45) is 17.1 Å². The second-order valence-corrected chi connectivity index (χ2v) is 6.27. The van der Waals surface area contributed by atoms with E-state index in [0.29, 0.717) is 24.4 Å². The summed E-state index contributed by atoms with van der Waals surface area (Å²) in [6.07, 6.45) is 6.73. The SMILES string of the molecule is CC(C)CN(C(=O)C1(CN)CCCC1)C1CC1. The fourth-order valence-corrected chi connectivity index (χ4v) is 3.04. The van der Waals surface area contributed by atoms with Crippen LogP contribution in [0.15, 0.2) is 0 Å². The van der Waals surface area contributed by atoms with Gasteiger partial charge >= 0.3 is 0 Å². The fourth-order valence-electron chi connectivity index (χ4n) is 3.04. The number of nitrogens with zero attached hydrogens (tertiary/aromatic N) is 1. The minimum absolute atomic E-state index is 0.211. The molecule has 98 valence electrons. The summed E-state index contributed by atoms with van der Waals surface area (Å²) >= 11 is 0. The highest BCUT2D eigenvalue weighted by molar-refractivity contribution is 5.84. The number of carbonyl (C=O) groups is 1. The summed E-state index contributed by atoms with van der Waals surface area (Å²) in [4.78, 5) is 14.9. The van der Waals surface area contributed by atoms with E-state index in [-0.39, 0.29) is 5.41 Å². The van der Waals surface area contributed by atoms with Gasteiger partial charge in [0.25, 0.3) is 0 Å². The molecule has 2 fully saturated rings. The monoisotopic (exact) mass is 238 g/mol. The van der Waals surface area contributed by atoms with Gasteiger partial charge in [0.1, 0.15) is 0 Å². The average molecular weight is 238 g/mol. The van der Waals surface area contributed by atoms with Crippen molar-refractivity contribution < 1.29 is 4.79 Å². The van der Waals surface area contributed by atoms with E-state index in [4.69, 9.17) is 5.73 Å². The summed E-state index contributed by atoms with van der Waals surface area (Å²) in [6.45, 7) is 5.82. The van der Waals surface area contributed by atoms with Gasteiger partial charge in [-0.05, 0) is 31.6 Å². The molecule has 0 atom stereocenters. The molecular formula is C14H26N2O. The molecule has 0 unspecified atom stereocenters. The van der Waals surface area contributed by atoms with Crippen LogP contribution in [0.3, 0.4) is 0 Å². The number of rotatable bonds is 5. The zero-order valence-corrected chi connectivity index (χ0v) is 11.2. The Labute approximate surface area is 105 Å². The van der Waals surface area contributed by atoms with E-state index in [1.54, 1.807) is 0 Å². The molecule has 0 bridgehead atoms. The number of hydrogen-bond acceptors (Lipinski definition) is 2. The summed E-state index contributed by atoms with van der Waals surface area (Å²) in [5.74, 6) is 0.907. The molecule has 0 spiro atoms. The minimum atomic E-state index is -0.211. The van der Waals surface area contributed by atoms with Crippen molar-refractivity contribution in [3.8, 4) is 0 Å². The van der Waals surface area contributed by atoms with E-state index in [9.17, 15) is 4.79 Å². The summed E-state index contributed by atoms with van der Waals surface area (Å²) < 4.78 is 0. The van der Waals surface area contributed by atoms with Crippen LogP contribution in [0.1, 0.15) is 52.4 Å². The molecule has 0 aromatic carbocycles. The van der Waals surface area contributed by atoms with E-state index in [1.165, 1.54) is 25.7 Å². The van der Waals surface area contributed by atoms with Gasteiger partial charge < -0.3 is 10.6 Å². The Balaban J connectivity index is 2.09. The van der Waals surface area contributed by atoms with Crippen LogP contribution in [0, 0.1) is 11.3 Å². The van der Waals surface area contributed by atoms with Crippen LogP contribution in [0.5, 0.6) is 0 Å². The molecule has 0 aromatic rings. The maximum atomic E-state index is 12.8. The topological polar surface area (TPSA) is 46.3 Å². The van der Waals surface area contributed by atoms with Gasteiger partial charge in [-0.3, -0.25) is 4.79 Å². The largest absolute Gasteiger partial charge is 0.339 e. The van der Waals surface area contributed by atoms with Gasteiger partial charge in [0, 0.05) is 19.1 Å². The molecule has 3 heteroatoms. The van der Waals surface area contributed by atoms with Crippen LogP contribution in [-0.2, 0) is 4.79 Å². The lowest BCUT2D eigenvalue weighted by molar-refractivity contribution is -0.142. The lowest BCUT2D eigenvalue weighted by Crippen LogP contribution is -2.48. The van der Waals surface area contributed by atoms with Crippen LogP contribution in [-0.4, -0.2) is 29.9 Å². The second kappa shape index (κ2) is 4.97. The van der Waals surface area contributed by atoms with Gasteiger partial charge in [0.15, 0.2) is 0 Å². The van der Waals surface area contributed by atoms with Crippen LogP contribution < -0.4 is 5.73 Å². The zero-order valence-electron chi connectivity index (χ0n) is 11.2. The van der Waals surface area contributed by atoms with Crippen molar-refractivity contribution in [3.63, 3.8) is 0 Å². The van der Waals surface area contributed by atoms with Crippen molar-refractivity contribution in [2.75, 3.05) is 13.1 Å². The molecule has 0 aromatic heterocycles. The van der Waals surface area contributed by atoms with Gasteiger partial charge in [-0.2, -0.15) is 0 Å². The van der Waals surface area contributed by atoms with Crippen LogP contribution in [0.2, 0.25) is 0 Å². The predicted octanol–water partition coefficient (Wildman–Crippen LogP) is 2.15. The molecule has 2 N–H and O–H groups in total. The van der Waals surface area contributed by atoms with Gasteiger partial charge in [-0.1, -0.05) is 26.7 Å². The molecule has 1 amide bonds. The Morgan fingerprint density at radius 2 is 1.94 bits per heavy atom. The van der Waals surface area contributed by atoms with Gasteiger partial charge in [0.05, 0.1) is 5.41 Å². The minimum Gasteiger partial charge on any atom is -0.339 e. The molecule has 2 aliphatic rings. The lowest BCUT2D eigenvalue weighted by atomic mass is 9.84. The second-order valence-electron chi connectivity index (χ2n) is 6.27. The number of amides is 1. The van der Waals surface area contributed by atoms with Crippen molar-refractivity contribution in [3.05, 3.63) is 0 Å². The molecule has 0 radical (unpaired) electrons. The smallest absolute Gasteiger partial charge is 0.230 e. The van der Waals surface area contributed by atoms with Gasteiger partial charge in [-0.25, -0.2) is 0 Å². The van der Waals surface area contributed by atoms with Crippen LogP contribution >= 0.6 is 0 Å². The van der Waals surface area contributed by atoms with Gasteiger partial charge in [-0.15, -0.1) is 0 Å². The first-order valence-corrected chi connectivity index (χ1v) is 7.10. The summed E-state index contributed by atoms with van der Waals surface area (Å²) in [5, 5.41) is 0. The van der Waals surface area contributed by atoms with Crippen LogP contribution in [0.4, 0.5) is 0 Å². The quantitative estimate of drug-likeness (QED) is 0.797. The molecule has 0 aliphatic heterocycles. The average Bonchev–Trinajstić information content (AvgIpc) is 3.02. The molecule has 17 heavy (non-hydrogen) atoms. The number of carbonyl (C=O) groups excluding carboxylic acids is 1. The van der Waals surface area contributed by atoms with E-state index in [1.807, 2.05) is 0 Å². The number of nitrogens with two attached hydrogens (primary N) is 1. The molecule has 2 rings (SSSR count). The standard InChI is InChI=1S/C14H26N2O/c1-11(2)9-16(12-5-6-12)13(17)14(10-15)7-3-4-8-14/h11-12H,3-10,15H2,1-2H3. The molecule has 2 saturated carbocycles. The summed E-state index contributed by atoms with van der Waals surface area (Å²) in [6, 6.07) is 0.522. The lowest BCUT2D eigenvalue weighted by Gasteiger charge is -2.34. The first-order chi connectivity index (χ1) is 8.09. The first-order valence-electron chi connectivity index (χ1n) is 7.10. The van der Waals surface area contributed by atoms with E-state index >= 15 is 0 Å². The molecule has 3 nitrogen and oxygen atoms in total. The van der Waals surface area contributed by atoms with E-state index in [0.717, 1.165) is 19.4 Å². The molecule has 0 saturated heterocycles. The summed E-state index contributed by atoms with van der Waals surface area (Å²) in [7, 11) is 0. The van der Waals surface area contributed by atoms with E-state index in [2.05, 4.69) is 18.7 Å². The van der Waals surface area contributed by atoms with Crippen molar-refractivity contribution >= 4 is 5.91 Å². The highest BCUT2D eigenvalue weighted by Gasteiger charge is 2.45. The highest BCUT2D eigenvalue weighted by Crippen LogP contribution is 2.41. The third kappa shape index (κ3) is 2.65. The third-order valence-electron chi connectivity index (χ3n) is 4.22.